The Balaban J connectivity index is 2.11. The van der Waals surface area contributed by atoms with Crippen molar-refractivity contribution in [3.8, 4) is 5.75 Å². The molecule has 0 radical (unpaired) electrons. The Labute approximate surface area is 125 Å². The van der Waals surface area contributed by atoms with Gasteiger partial charge in [-0.15, -0.1) is 0 Å². The van der Waals surface area contributed by atoms with Gasteiger partial charge in [-0.25, -0.2) is 4.98 Å². The fourth-order valence-corrected chi connectivity index (χ4v) is 1.80. The van der Waals surface area contributed by atoms with Crippen LogP contribution < -0.4 is 15.4 Å². The fourth-order valence-electron chi connectivity index (χ4n) is 1.80. The first kappa shape index (κ1) is 15.1. The van der Waals surface area contributed by atoms with E-state index < -0.39 is 0 Å². The van der Waals surface area contributed by atoms with Gasteiger partial charge in [0.1, 0.15) is 11.6 Å². The van der Waals surface area contributed by atoms with Gasteiger partial charge in [0, 0.05) is 12.7 Å². The van der Waals surface area contributed by atoms with E-state index >= 15 is 0 Å². The predicted octanol–water partition coefficient (Wildman–Crippen LogP) is 3.69. The number of nitrogens with one attached hydrogen (secondary N) is 2. The molecule has 1 aromatic heterocycles. The van der Waals surface area contributed by atoms with Gasteiger partial charge < -0.3 is 15.4 Å². The lowest BCUT2D eigenvalue weighted by atomic mass is 10.2. The van der Waals surface area contributed by atoms with Crippen LogP contribution in [-0.2, 0) is 0 Å². The van der Waals surface area contributed by atoms with E-state index in [2.05, 4.69) is 34.4 Å². The maximum atomic E-state index is 5.60. The van der Waals surface area contributed by atoms with E-state index in [9.17, 15) is 0 Å². The zero-order chi connectivity index (χ0) is 15.1. The van der Waals surface area contributed by atoms with E-state index in [-0.39, 0.29) is 0 Å². The number of anilines is 3. The van der Waals surface area contributed by atoms with Crippen molar-refractivity contribution in [1.82, 2.24) is 9.97 Å². The third kappa shape index (κ3) is 4.63. The Kier molecular flexibility index (Phi) is 5.37. The molecule has 1 aromatic carbocycles. The van der Waals surface area contributed by atoms with Crippen molar-refractivity contribution in [3.05, 3.63) is 36.5 Å². The van der Waals surface area contributed by atoms with Crippen molar-refractivity contribution in [2.45, 2.75) is 20.8 Å². The summed E-state index contributed by atoms with van der Waals surface area (Å²) in [4.78, 5) is 8.67. The van der Waals surface area contributed by atoms with E-state index in [0.29, 0.717) is 18.5 Å². The summed E-state index contributed by atoms with van der Waals surface area (Å²) in [6.45, 7) is 7.74. The van der Waals surface area contributed by atoms with Crippen molar-refractivity contribution in [2.75, 3.05) is 23.8 Å². The van der Waals surface area contributed by atoms with Crippen LogP contribution in [0.15, 0.2) is 36.5 Å². The summed E-state index contributed by atoms with van der Waals surface area (Å²) < 4.78 is 5.60. The second kappa shape index (κ2) is 7.47. The minimum atomic E-state index is 0.545. The lowest BCUT2D eigenvalue weighted by Gasteiger charge is -2.12. The van der Waals surface area contributed by atoms with Gasteiger partial charge in [0.25, 0.3) is 0 Å². The largest absolute Gasteiger partial charge is 0.492 e. The number of rotatable bonds is 7. The van der Waals surface area contributed by atoms with Gasteiger partial charge in [-0.3, -0.25) is 0 Å². The summed E-state index contributed by atoms with van der Waals surface area (Å²) >= 11 is 0. The van der Waals surface area contributed by atoms with Crippen LogP contribution in [0.3, 0.4) is 0 Å². The summed E-state index contributed by atoms with van der Waals surface area (Å²) in [6.07, 6.45) is 1.74. The third-order valence-corrected chi connectivity index (χ3v) is 2.77. The zero-order valence-electron chi connectivity index (χ0n) is 12.8. The molecular formula is C16H22N4O. The number of ether oxygens (including phenoxy) is 1. The average Bonchev–Trinajstić information content (AvgIpc) is 2.48. The van der Waals surface area contributed by atoms with Gasteiger partial charge in [-0.2, -0.15) is 4.98 Å². The number of aromatic nitrogens is 2. The SMILES string of the molecule is CCOc1ccccc1Nc1ccnc(NCC(C)C)n1. The molecule has 0 aliphatic heterocycles. The normalized spacial score (nSPS) is 10.5. The molecule has 0 unspecified atom stereocenters. The smallest absolute Gasteiger partial charge is 0.224 e. The van der Waals surface area contributed by atoms with Crippen LogP contribution in [-0.4, -0.2) is 23.1 Å². The molecule has 2 aromatic rings. The Hall–Kier alpha value is -2.30. The van der Waals surface area contributed by atoms with E-state index in [1.54, 1.807) is 6.20 Å². The molecule has 0 bridgehead atoms. The van der Waals surface area contributed by atoms with Crippen molar-refractivity contribution in [3.63, 3.8) is 0 Å². The van der Waals surface area contributed by atoms with Crippen LogP contribution >= 0.6 is 0 Å². The molecule has 5 heteroatoms. The summed E-state index contributed by atoms with van der Waals surface area (Å²) in [5, 5.41) is 6.49. The molecule has 1 heterocycles. The highest BCUT2D eigenvalue weighted by molar-refractivity contribution is 5.64. The summed E-state index contributed by atoms with van der Waals surface area (Å²) in [6, 6.07) is 9.65. The second-order valence-corrected chi connectivity index (χ2v) is 5.09. The molecule has 0 aliphatic carbocycles. The maximum Gasteiger partial charge on any atom is 0.224 e. The van der Waals surface area contributed by atoms with Gasteiger partial charge in [0.2, 0.25) is 5.95 Å². The minimum absolute atomic E-state index is 0.545. The third-order valence-electron chi connectivity index (χ3n) is 2.77. The molecule has 0 spiro atoms. The molecule has 0 amide bonds. The standard InChI is InChI=1S/C16H22N4O/c1-4-21-14-8-6-5-7-13(14)19-15-9-10-17-16(20-15)18-11-12(2)3/h5-10,12H,4,11H2,1-3H3,(H2,17,18,19,20). The predicted molar refractivity (Wildman–Crippen MR) is 86.3 cm³/mol. The fraction of sp³-hybridized carbons (Fsp3) is 0.375. The summed E-state index contributed by atoms with van der Waals surface area (Å²) in [5.74, 6) is 2.73. The Bertz CT molecular complexity index is 572. The molecule has 21 heavy (non-hydrogen) atoms. The molecule has 112 valence electrons. The Morgan fingerprint density at radius 2 is 2.00 bits per heavy atom. The molecule has 0 saturated heterocycles. The monoisotopic (exact) mass is 286 g/mol. The number of hydrogen-bond acceptors (Lipinski definition) is 5. The topological polar surface area (TPSA) is 59.1 Å². The van der Waals surface area contributed by atoms with Crippen LogP contribution in [0.5, 0.6) is 5.75 Å². The number of para-hydroxylation sites is 2. The van der Waals surface area contributed by atoms with Gasteiger partial charge in [0.05, 0.1) is 12.3 Å². The highest BCUT2D eigenvalue weighted by atomic mass is 16.5. The first-order chi connectivity index (χ1) is 10.2. The average molecular weight is 286 g/mol. The number of hydrogen-bond donors (Lipinski definition) is 2. The molecule has 0 aliphatic rings. The molecular weight excluding hydrogens is 264 g/mol. The van der Waals surface area contributed by atoms with Gasteiger partial charge in [-0.1, -0.05) is 26.0 Å². The van der Waals surface area contributed by atoms with Crippen LogP contribution in [0.1, 0.15) is 20.8 Å². The van der Waals surface area contributed by atoms with Crippen molar-refractivity contribution in [1.29, 1.82) is 0 Å². The summed E-state index contributed by atoms with van der Waals surface area (Å²) in [7, 11) is 0. The minimum Gasteiger partial charge on any atom is -0.492 e. The molecule has 0 fully saturated rings. The van der Waals surface area contributed by atoms with Gasteiger partial charge in [0.15, 0.2) is 0 Å². The second-order valence-electron chi connectivity index (χ2n) is 5.09. The highest BCUT2D eigenvalue weighted by Crippen LogP contribution is 2.26. The van der Waals surface area contributed by atoms with E-state index in [1.807, 2.05) is 37.3 Å². The van der Waals surface area contributed by atoms with Crippen LogP contribution in [0.2, 0.25) is 0 Å². The summed E-state index contributed by atoms with van der Waals surface area (Å²) in [5.41, 5.74) is 0.896. The Morgan fingerprint density at radius 1 is 1.19 bits per heavy atom. The van der Waals surface area contributed by atoms with Crippen molar-refractivity contribution < 1.29 is 4.74 Å². The quantitative estimate of drug-likeness (QED) is 0.813. The molecule has 5 nitrogen and oxygen atoms in total. The van der Waals surface area contributed by atoms with Crippen LogP contribution in [0, 0.1) is 5.92 Å². The van der Waals surface area contributed by atoms with Crippen LogP contribution in [0.25, 0.3) is 0 Å². The first-order valence-electron chi connectivity index (χ1n) is 7.24. The Morgan fingerprint density at radius 3 is 2.76 bits per heavy atom. The van der Waals surface area contributed by atoms with Crippen molar-refractivity contribution in [2.24, 2.45) is 5.92 Å². The van der Waals surface area contributed by atoms with Gasteiger partial charge >= 0.3 is 0 Å². The van der Waals surface area contributed by atoms with E-state index in [1.165, 1.54) is 0 Å². The van der Waals surface area contributed by atoms with Gasteiger partial charge in [-0.05, 0) is 31.0 Å². The van der Waals surface area contributed by atoms with Crippen molar-refractivity contribution >= 4 is 17.5 Å². The lowest BCUT2D eigenvalue weighted by Crippen LogP contribution is -2.11. The number of benzene rings is 1. The van der Waals surface area contributed by atoms with E-state index in [0.717, 1.165) is 23.8 Å². The first-order valence-corrected chi connectivity index (χ1v) is 7.24. The highest BCUT2D eigenvalue weighted by Gasteiger charge is 2.05. The maximum absolute atomic E-state index is 5.60. The molecule has 0 atom stereocenters. The molecule has 2 N–H and O–H groups in total. The number of nitrogens with zero attached hydrogens (tertiary/aromatic N) is 2. The molecule has 0 saturated carbocycles. The zero-order valence-corrected chi connectivity index (χ0v) is 12.8. The van der Waals surface area contributed by atoms with Crippen LogP contribution in [0.4, 0.5) is 17.5 Å². The lowest BCUT2D eigenvalue weighted by molar-refractivity contribution is 0.342. The molecule has 2 rings (SSSR count). The van der Waals surface area contributed by atoms with E-state index in [4.69, 9.17) is 4.74 Å².